The largest absolute Gasteiger partial charge is 0.467 e. The van der Waals surface area contributed by atoms with Gasteiger partial charge in [0, 0.05) is 5.57 Å². The molecule has 0 bridgehead atoms. The Balaban J connectivity index is 0. The van der Waals surface area contributed by atoms with Crippen LogP contribution in [0.1, 0.15) is 34.1 Å². The monoisotopic (exact) mass is 267 g/mol. The average molecular weight is 267 g/mol. The first-order chi connectivity index (χ1) is 9.01. The van der Waals surface area contributed by atoms with Gasteiger partial charge in [-0.3, -0.25) is 4.79 Å². The van der Waals surface area contributed by atoms with Gasteiger partial charge >= 0.3 is 5.97 Å². The zero-order valence-corrected chi connectivity index (χ0v) is 12.6. The minimum atomic E-state index is -0.639. The molecule has 1 unspecified atom stereocenters. The molecule has 0 rings (SSSR count). The molecule has 0 saturated heterocycles. The van der Waals surface area contributed by atoms with E-state index in [1.54, 1.807) is 19.9 Å². The van der Waals surface area contributed by atoms with Gasteiger partial charge in [-0.1, -0.05) is 46.1 Å². The normalized spacial score (nSPS) is 12.1. The molecular formula is C15H25NO3. The van der Waals surface area contributed by atoms with E-state index in [1.807, 2.05) is 13.8 Å². The number of hydrogen-bond acceptors (Lipinski definition) is 3. The number of carbonyl (C=O) groups excluding carboxylic acids is 2. The zero-order valence-electron chi connectivity index (χ0n) is 12.6. The second-order valence-electron chi connectivity index (χ2n) is 3.46. The molecule has 0 heterocycles. The molecule has 0 saturated carbocycles. The van der Waals surface area contributed by atoms with Crippen molar-refractivity contribution >= 4 is 11.9 Å². The van der Waals surface area contributed by atoms with E-state index in [0.29, 0.717) is 17.6 Å². The number of ether oxygens (including phenoxy) is 1. The SMILES string of the molecule is C=C/C(C)=C(\C=C)C(=O)NC(CC)C(=O)OC.CC. The molecule has 4 nitrogen and oxygen atoms in total. The van der Waals surface area contributed by atoms with Gasteiger partial charge in [-0.05, 0) is 18.9 Å². The fourth-order valence-electron chi connectivity index (χ4n) is 1.25. The topological polar surface area (TPSA) is 55.4 Å². The van der Waals surface area contributed by atoms with Crippen molar-refractivity contribution in [3.05, 3.63) is 36.5 Å². The van der Waals surface area contributed by atoms with Gasteiger partial charge in [-0.15, -0.1) is 0 Å². The van der Waals surface area contributed by atoms with Crippen LogP contribution in [-0.4, -0.2) is 25.0 Å². The standard InChI is InChI=1S/C13H19NO3.C2H6/c1-6-9(4)10(7-2)12(15)14-11(8-3)13(16)17-5;1-2/h6-7,11H,1-2,8H2,3-5H3,(H,14,15);1-2H3/b10-9+;. The van der Waals surface area contributed by atoms with Crippen LogP contribution in [0.4, 0.5) is 0 Å². The Kier molecular flexibility index (Phi) is 11.6. The van der Waals surface area contributed by atoms with Crippen molar-refractivity contribution in [2.24, 2.45) is 0 Å². The first-order valence-corrected chi connectivity index (χ1v) is 6.36. The van der Waals surface area contributed by atoms with Gasteiger partial charge in [0.05, 0.1) is 7.11 Å². The lowest BCUT2D eigenvalue weighted by molar-refractivity contribution is -0.144. The lowest BCUT2D eigenvalue weighted by atomic mass is 10.1. The predicted molar refractivity (Wildman–Crippen MR) is 78.7 cm³/mol. The Hall–Kier alpha value is -1.84. The molecule has 0 aliphatic rings. The van der Waals surface area contributed by atoms with Gasteiger partial charge in [0.25, 0.3) is 5.91 Å². The molecule has 19 heavy (non-hydrogen) atoms. The number of esters is 1. The Labute approximate surface area is 116 Å². The van der Waals surface area contributed by atoms with Gasteiger partial charge in [-0.2, -0.15) is 0 Å². The van der Waals surface area contributed by atoms with Gasteiger partial charge in [0.15, 0.2) is 0 Å². The molecular weight excluding hydrogens is 242 g/mol. The summed E-state index contributed by atoms with van der Waals surface area (Å²) in [6.45, 7) is 14.7. The maximum absolute atomic E-state index is 11.9. The van der Waals surface area contributed by atoms with Crippen molar-refractivity contribution in [3.63, 3.8) is 0 Å². The van der Waals surface area contributed by atoms with Crippen molar-refractivity contribution in [3.8, 4) is 0 Å². The molecule has 1 atom stereocenters. The molecule has 0 aliphatic heterocycles. The van der Waals surface area contributed by atoms with Crippen molar-refractivity contribution in [1.82, 2.24) is 5.32 Å². The van der Waals surface area contributed by atoms with E-state index < -0.39 is 12.0 Å². The van der Waals surface area contributed by atoms with Crippen molar-refractivity contribution < 1.29 is 14.3 Å². The maximum atomic E-state index is 11.9. The fraction of sp³-hybridized carbons (Fsp3) is 0.467. The molecule has 0 aliphatic carbocycles. The van der Waals surface area contributed by atoms with E-state index in [0.717, 1.165) is 0 Å². The van der Waals surface area contributed by atoms with E-state index in [9.17, 15) is 9.59 Å². The molecule has 4 heteroatoms. The summed E-state index contributed by atoms with van der Waals surface area (Å²) in [7, 11) is 1.29. The minimum Gasteiger partial charge on any atom is -0.467 e. The summed E-state index contributed by atoms with van der Waals surface area (Å²) in [6, 6.07) is -0.639. The van der Waals surface area contributed by atoms with Gasteiger partial charge in [0.2, 0.25) is 0 Å². The summed E-state index contributed by atoms with van der Waals surface area (Å²) >= 11 is 0. The summed E-state index contributed by atoms with van der Waals surface area (Å²) in [4.78, 5) is 23.2. The van der Waals surface area contributed by atoms with Crippen molar-refractivity contribution in [2.45, 2.75) is 40.2 Å². The van der Waals surface area contributed by atoms with E-state index in [-0.39, 0.29) is 5.91 Å². The lowest BCUT2D eigenvalue weighted by Crippen LogP contribution is -2.41. The Bertz CT molecular complexity index is 356. The van der Waals surface area contributed by atoms with Gasteiger partial charge < -0.3 is 10.1 Å². The second kappa shape index (κ2) is 11.3. The first-order valence-electron chi connectivity index (χ1n) is 6.36. The predicted octanol–water partition coefficient (Wildman–Crippen LogP) is 2.77. The molecule has 0 fully saturated rings. The van der Waals surface area contributed by atoms with Crippen LogP contribution in [0.2, 0.25) is 0 Å². The van der Waals surface area contributed by atoms with Crippen LogP contribution >= 0.6 is 0 Å². The van der Waals surface area contributed by atoms with Crippen LogP contribution < -0.4 is 5.32 Å². The first kappa shape index (κ1) is 19.5. The summed E-state index contributed by atoms with van der Waals surface area (Å²) in [5, 5.41) is 2.59. The van der Waals surface area contributed by atoms with Crippen LogP contribution in [0.15, 0.2) is 36.5 Å². The third-order valence-corrected chi connectivity index (χ3v) is 2.38. The molecule has 108 valence electrons. The molecule has 0 radical (unpaired) electrons. The quantitative estimate of drug-likeness (QED) is 0.457. The molecule has 1 N–H and O–H groups in total. The number of rotatable bonds is 6. The Morgan fingerprint density at radius 1 is 1.26 bits per heavy atom. The van der Waals surface area contributed by atoms with Crippen LogP contribution in [-0.2, 0) is 14.3 Å². The zero-order chi connectivity index (χ0) is 15.4. The van der Waals surface area contributed by atoms with Crippen molar-refractivity contribution in [1.29, 1.82) is 0 Å². The van der Waals surface area contributed by atoms with E-state index in [4.69, 9.17) is 0 Å². The highest BCUT2D eigenvalue weighted by molar-refractivity contribution is 5.99. The summed E-state index contributed by atoms with van der Waals surface area (Å²) in [5.74, 6) is -0.810. The highest BCUT2D eigenvalue weighted by Gasteiger charge is 2.20. The summed E-state index contributed by atoms with van der Waals surface area (Å²) < 4.78 is 4.59. The van der Waals surface area contributed by atoms with E-state index in [2.05, 4.69) is 23.2 Å². The van der Waals surface area contributed by atoms with Gasteiger partial charge in [-0.25, -0.2) is 4.79 Å². The second-order valence-corrected chi connectivity index (χ2v) is 3.46. The third-order valence-electron chi connectivity index (χ3n) is 2.38. The van der Waals surface area contributed by atoms with E-state index in [1.165, 1.54) is 13.2 Å². The van der Waals surface area contributed by atoms with E-state index >= 15 is 0 Å². The van der Waals surface area contributed by atoms with Crippen molar-refractivity contribution in [2.75, 3.05) is 7.11 Å². The molecule has 0 aromatic rings. The average Bonchev–Trinajstić information content (AvgIpc) is 2.46. The number of amides is 1. The maximum Gasteiger partial charge on any atom is 0.328 e. The van der Waals surface area contributed by atoms with Crippen LogP contribution in [0.25, 0.3) is 0 Å². The molecule has 1 amide bonds. The number of hydrogen-bond donors (Lipinski definition) is 1. The number of methoxy groups -OCH3 is 1. The fourth-order valence-corrected chi connectivity index (χ4v) is 1.25. The molecule has 0 spiro atoms. The highest BCUT2D eigenvalue weighted by atomic mass is 16.5. The lowest BCUT2D eigenvalue weighted by Gasteiger charge is -2.15. The van der Waals surface area contributed by atoms with Crippen LogP contribution in [0.3, 0.4) is 0 Å². The minimum absolute atomic E-state index is 0.352. The van der Waals surface area contributed by atoms with Crippen LogP contribution in [0.5, 0.6) is 0 Å². The number of carbonyl (C=O) groups is 2. The summed E-state index contributed by atoms with van der Waals surface area (Å²) in [5.41, 5.74) is 1.11. The third kappa shape index (κ3) is 6.60. The Morgan fingerprint density at radius 2 is 1.79 bits per heavy atom. The molecule has 0 aromatic carbocycles. The Morgan fingerprint density at radius 3 is 2.11 bits per heavy atom. The number of nitrogens with one attached hydrogen (secondary N) is 1. The number of allylic oxidation sites excluding steroid dienone is 2. The highest BCUT2D eigenvalue weighted by Crippen LogP contribution is 2.07. The smallest absolute Gasteiger partial charge is 0.328 e. The summed E-state index contributed by atoms with van der Waals surface area (Å²) in [6.07, 6.45) is 3.47. The van der Waals surface area contributed by atoms with Gasteiger partial charge in [0.1, 0.15) is 6.04 Å². The molecule has 0 aromatic heterocycles. The van der Waals surface area contributed by atoms with Crippen LogP contribution in [0, 0.1) is 0 Å².